The zero-order valence-electron chi connectivity index (χ0n) is 11.4. The Morgan fingerprint density at radius 2 is 2.10 bits per heavy atom. The van der Waals surface area contributed by atoms with Gasteiger partial charge < -0.3 is 11.1 Å². The third kappa shape index (κ3) is 3.55. The van der Waals surface area contributed by atoms with Gasteiger partial charge in [-0.1, -0.05) is 40.3 Å². The van der Waals surface area contributed by atoms with Gasteiger partial charge in [0.05, 0.1) is 5.56 Å². The molecule has 0 aliphatic carbocycles. The molecule has 1 aromatic heterocycles. The first-order valence-electron chi connectivity index (χ1n) is 6.27. The minimum absolute atomic E-state index is 0.106. The predicted molar refractivity (Wildman–Crippen MR) is 91.0 cm³/mol. The van der Waals surface area contributed by atoms with Crippen LogP contribution in [0.25, 0.3) is 0 Å². The van der Waals surface area contributed by atoms with E-state index in [2.05, 4.69) is 45.3 Å². The van der Waals surface area contributed by atoms with Gasteiger partial charge >= 0.3 is 0 Å². The molecule has 0 amide bonds. The number of pyridine rings is 1. The fourth-order valence-electron chi connectivity index (χ4n) is 1.93. The molecule has 0 aliphatic heterocycles. The first-order valence-corrected chi connectivity index (χ1v) is 7.47. The van der Waals surface area contributed by atoms with E-state index >= 15 is 0 Å². The predicted octanol–water partition coefficient (Wildman–Crippen LogP) is 3.96. The van der Waals surface area contributed by atoms with E-state index in [1.54, 1.807) is 0 Å². The summed E-state index contributed by atoms with van der Waals surface area (Å²) in [5.74, 6) is 0.727. The van der Waals surface area contributed by atoms with Crippen molar-refractivity contribution < 1.29 is 0 Å². The molecular weight excluding hydrogens is 334 g/mol. The lowest BCUT2D eigenvalue weighted by Crippen LogP contribution is -2.16. The Hall–Kier alpha value is -1.46. The number of nitrogens with two attached hydrogens (primary N) is 1. The van der Waals surface area contributed by atoms with Gasteiger partial charge in [0, 0.05) is 16.2 Å². The van der Waals surface area contributed by atoms with E-state index in [1.807, 2.05) is 31.2 Å². The molecule has 0 spiro atoms. The number of halogens is 1. The quantitative estimate of drug-likeness (QED) is 0.820. The molecule has 1 heterocycles. The first-order chi connectivity index (χ1) is 9.47. The van der Waals surface area contributed by atoms with Crippen LogP contribution in [0.1, 0.15) is 29.8 Å². The second-order valence-corrected chi connectivity index (χ2v) is 5.99. The number of aryl methyl sites for hydroxylation is 1. The molecule has 0 fully saturated rings. The molecule has 104 valence electrons. The van der Waals surface area contributed by atoms with Gasteiger partial charge in [0.1, 0.15) is 10.8 Å². The summed E-state index contributed by atoms with van der Waals surface area (Å²) in [6.45, 7) is 4.02. The standard InChI is InChI=1S/C15H16BrN3S/c1-9-6-7-13(14(17)20)15(18-9)19-10(2)11-4-3-5-12(16)8-11/h3-8,10H,1-2H3,(H2,17,20)(H,18,19). The van der Waals surface area contributed by atoms with E-state index in [9.17, 15) is 0 Å². The number of rotatable bonds is 4. The van der Waals surface area contributed by atoms with Gasteiger partial charge in [0.15, 0.2) is 0 Å². The number of nitrogens with zero attached hydrogens (tertiary/aromatic N) is 1. The molecule has 20 heavy (non-hydrogen) atoms. The van der Waals surface area contributed by atoms with Crippen molar-refractivity contribution in [2.45, 2.75) is 19.9 Å². The fourth-order valence-corrected chi connectivity index (χ4v) is 2.51. The first kappa shape index (κ1) is 14.9. The molecule has 0 aliphatic rings. The number of hydrogen-bond donors (Lipinski definition) is 2. The Bertz CT molecular complexity index is 643. The van der Waals surface area contributed by atoms with Crippen LogP contribution in [0.2, 0.25) is 0 Å². The molecule has 2 rings (SSSR count). The van der Waals surface area contributed by atoms with Crippen molar-refractivity contribution in [3.8, 4) is 0 Å². The molecule has 2 aromatic rings. The van der Waals surface area contributed by atoms with E-state index in [1.165, 1.54) is 0 Å². The largest absolute Gasteiger partial charge is 0.389 e. The Morgan fingerprint density at radius 3 is 2.75 bits per heavy atom. The van der Waals surface area contributed by atoms with Crippen LogP contribution in [-0.2, 0) is 0 Å². The summed E-state index contributed by atoms with van der Waals surface area (Å²) >= 11 is 8.55. The third-order valence-corrected chi connectivity index (χ3v) is 3.72. The Labute approximate surface area is 132 Å². The maximum Gasteiger partial charge on any atom is 0.136 e. The maximum atomic E-state index is 5.75. The zero-order chi connectivity index (χ0) is 14.7. The summed E-state index contributed by atoms with van der Waals surface area (Å²) in [4.78, 5) is 4.84. The second kappa shape index (κ2) is 6.33. The van der Waals surface area contributed by atoms with Crippen LogP contribution < -0.4 is 11.1 Å². The van der Waals surface area contributed by atoms with Gasteiger partial charge in [-0.2, -0.15) is 0 Å². The van der Waals surface area contributed by atoms with Crippen molar-refractivity contribution in [1.29, 1.82) is 0 Å². The highest BCUT2D eigenvalue weighted by Crippen LogP contribution is 2.23. The van der Waals surface area contributed by atoms with Gasteiger partial charge in [0.25, 0.3) is 0 Å². The highest BCUT2D eigenvalue weighted by Gasteiger charge is 2.11. The van der Waals surface area contributed by atoms with Crippen LogP contribution in [0.15, 0.2) is 40.9 Å². The monoisotopic (exact) mass is 349 g/mol. The van der Waals surface area contributed by atoms with Crippen molar-refractivity contribution in [3.05, 3.63) is 57.7 Å². The molecule has 1 aromatic carbocycles. The minimum atomic E-state index is 0.106. The fraction of sp³-hybridized carbons (Fsp3) is 0.200. The second-order valence-electron chi connectivity index (χ2n) is 4.63. The van der Waals surface area contributed by atoms with E-state index in [0.29, 0.717) is 4.99 Å². The van der Waals surface area contributed by atoms with Crippen LogP contribution in [0.3, 0.4) is 0 Å². The molecule has 0 saturated heterocycles. The summed E-state index contributed by atoms with van der Waals surface area (Å²) in [6.07, 6.45) is 0. The number of aromatic nitrogens is 1. The van der Waals surface area contributed by atoms with E-state index in [0.717, 1.165) is 27.1 Å². The molecule has 0 radical (unpaired) electrons. The van der Waals surface area contributed by atoms with Gasteiger partial charge in [-0.3, -0.25) is 0 Å². The average molecular weight is 350 g/mol. The highest BCUT2D eigenvalue weighted by molar-refractivity contribution is 9.10. The molecule has 1 unspecified atom stereocenters. The normalized spacial score (nSPS) is 11.9. The number of hydrogen-bond acceptors (Lipinski definition) is 3. The summed E-state index contributed by atoms with van der Waals surface area (Å²) in [7, 11) is 0. The summed E-state index contributed by atoms with van der Waals surface area (Å²) < 4.78 is 1.05. The van der Waals surface area contributed by atoms with Crippen LogP contribution in [0.4, 0.5) is 5.82 Å². The van der Waals surface area contributed by atoms with Crippen LogP contribution >= 0.6 is 28.1 Å². The highest BCUT2D eigenvalue weighted by atomic mass is 79.9. The topological polar surface area (TPSA) is 50.9 Å². The lowest BCUT2D eigenvalue weighted by atomic mass is 10.1. The molecule has 3 N–H and O–H groups in total. The smallest absolute Gasteiger partial charge is 0.136 e. The SMILES string of the molecule is Cc1ccc(C(N)=S)c(NC(C)c2cccc(Br)c2)n1. The van der Waals surface area contributed by atoms with Crippen molar-refractivity contribution in [2.24, 2.45) is 5.73 Å². The molecule has 0 saturated carbocycles. The van der Waals surface area contributed by atoms with Crippen LogP contribution in [0.5, 0.6) is 0 Å². The Kier molecular flexibility index (Phi) is 4.73. The lowest BCUT2D eigenvalue weighted by molar-refractivity contribution is 0.871. The van der Waals surface area contributed by atoms with Gasteiger partial charge in [0.2, 0.25) is 0 Å². The molecule has 0 bridgehead atoms. The molecular formula is C15H16BrN3S. The van der Waals surface area contributed by atoms with Gasteiger partial charge in [-0.15, -0.1) is 0 Å². The summed E-state index contributed by atoms with van der Waals surface area (Å²) in [5, 5.41) is 3.38. The maximum absolute atomic E-state index is 5.75. The van der Waals surface area contributed by atoms with Crippen molar-refractivity contribution in [2.75, 3.05) is 5.32 Å². The van der Waals surface area contributed by atoms with E-state index in [-0.39, 0.29) is 6.04 Å². The summed E-state index contributed by atoms with van der Waals surface area (Å²) in [6, 6.07) is 12.1. The Morgan fingerprint density at radius 1 is 1.35 bits per heavy atom. The van der Waals surface area contributed by atoms with E-state index < -0.39 is 0 Å². The third-order valence-electron chi connectivity index (χ3n) is 3.00. The number of anilines is 1. The van der Waals surface area contributed by atoms with Gasteiger partial charge in [-0.25, -0.2) is 4.98 Å². The molecule has 5 heteroatoms. The zero-order valence-corrected chi connectivity index (χ0v) is 13.8. The molecule has 3 nitrogen and oxygen atoms in total. The average Bonchev–Trinajstić information content (AvgIpc) is 2.38. The van der Waals surface area contributed by atoms with Crippen LogP contribution in [0, 0.1) is 6.92 Å². The van der Waals surface area contributed by atoms with Crippen molar-refractivity contribution >= 4 is 39.0 Å². The van der Waals surface area contributed by atoms with Crippen molar-refractivity contribution in [1.82, 2.24) is 4.98 Å². The number of nitrogens with one attached hydrogen (secondary N) is 1. The van der Waals surface area contributed by atoms with E-state index in [4.69, 9.17) is 18.0 Å². The number of thiocarbonyl (C=S) groups is 1. The summed E-state index contributed by atoms with van der Waals surface area (Å²) in [5.41, 5.74) is 8.61. The minimum Gasteiger partial charge on any atom is -0.389 e. The number of benzene rings is 1. The van der Waals surface area contributed by atoms with Crippen LogP contribution in [-0.4, -0.2) is 9.97 Å². The Balaban J connectivity index is 2.29. The lowest BCUT2D eigenvalue weighted by Gasteiger charge is -2.18. The molecule has 1 atom stereocenters. The van der Waals surface area contributed by atoms with Gasteiger partial charge in [-0.05, 0) is 43.7 Å². The van der Waals surface area contributed by atoms with Crippen molar-refractivity contribution in [3.63, 3.8) is 0 Å².